The van der Waals surface area contributed by atoms with Gasteiger partial charge in [-0.05, 0) is 43.0 Å². The van der Waals surface area contributed by atoms with E-state index in [1.165, 1.54) is 10.3 Å². The highest BCUT2D eigenvalue weighted by molar-refractivity contribution is 7.17. The number of hydrogen-bond acceptors (Lipinski definition) is 4. The maximum absolute atomic E-state index is 5.55. The highest BCUT2D eigenvalue weighted by Gasteiger charge is 2.12. The molecule has 2 aromatic rings. The molecular weight excluding hydrogens is 244 g/mol. The van der Waals surface area contributed by atoms with Gasteiger partial charge in [-0.15, -0.1) is 11.3 Å². The van der Waals surface area contributed by atoms with Gasteiger partial charge >= 0.3 is 0 Å². The molecule has 0 saturated heterocycles. The summed E-state index contributed by atoms with van der Waals surface area (Å²) < 4.78 is 6.80. The summed E-state index contributed by atoms with van der Waals surface area (Å²) >= 11 is 1.74. The lowest BCUT2D eigenvalue weighted by Gasteiger charge is -2.18. The van der Waals surface area contributed by atoms with Crippen LogP contribution in [0.15, 0.2) is 23.7 Å². The van der Waals surface area contributed by atoms with Gasteiger partial charge in [0.25, 0.3) is 0 Å². The molecule has 1 unspecified atom stereocenters. The zero-order valence-corrected chi connectivity index (χ0v) is 11.8. The van der Waals surface area contributed by atoms with E-state index in [0.717, 1.165) is 25.1 Å². The number of fused-ring (bicyclic) bond motifs is 1. The molecule has 1 atom stereocenters. The maximum Gasteiger partial charge on any atom is 0.0809 e. The highest BCUT2D eigenvalue weighted by Crippen LogP contribution is 2.23. The van der Waals surface area contributed by atoms with Crippen molar-refractivity contribution >= 4 is 21.6 Å². The van der Waals surface area contributed by atoms with E-state index in [1.54, 1.807) is 11.3 Å². The maximum atomic E-state index is 5.55. The smallest absolute Gasteiger partial charge is 0.0809 e. The highest BCUT2D eigenvalue weighted by atomic mass is 32.1. The molecule has 2 rings (SSSR count). The predicted molar refractivity (Wildman–Crippen MR) is 77.1 cm³/mol. The van der Waals surface area contributed by atoms with Gasteiger partial charge in [-0.2, -0.15) is 0 Å². The van der Waals surface area contributed by atoms with Gasteiger partial charge in [0.15, 0.2) is 0 Å². The van der Waals surface area contributed by atoms with Crippen LogP contribution in [0.25, 0.3) is 10.2 Å². The fourth-order valence-electron chi connectivity index (χ4n) is 1.88. The van der Waals surface area contributed by atoms with Crippen molar-refractivity contribution in [3.8, 4) is 0 Å². The van der Waals surface area contributed by atoms with Crippen molar-refractivity contribution in [1.29, 1.82) is 0 Å². The second kappa shape index (κ2) is 6.83. The van der Waals surface area contributed by atoms with Crippen LogP contribution in [0.2, 0.25) is 0 Å². The Morgan fingerprint density at radius 1 is 1.44 bits per heavy atom. The van der Waals surface area contributed by atoms with E-state index in [0.29, 0.717) is 6.61 Å². The molecule has 1 N–H and O–H groups in total. The van der Waals surface area contributed by atoms with Crippen LogP contribution < -0.4 is 5.32 Å². The first-order valence-electron chi connectivity index (χ1n) is 6.49. The van der Waals surface area contributed by atoms with Crippen LogP contribution in [0.3, 0.4) is 0 Å². The predicted octanol–water partition coefficient (Wildman–Crippen LogP) is 3.37. The van der Waals surface area contributed by atoms with Gasteiger partial charge in [0.1, 0.15) is 0 Å². The molecule has 0 fully saturated rings. The molecule has 0 aromatic carbocycles. The molecule has 2 aromatic heterocycles. The molecule has 0 radical (unpaired) electrons. The van der Waals surface area contributed by atoms with Crippen molar-refractivity contribution in [1.82, 2.24) is 10.3 Å². The van der Waals surface area contributed by atoms with Crippen molar-refractivity contribution in [2.75, 3.05) is 19.8 Å². The second-order valence-corrected chi connectivity index (χ2v) is 5.19. The minimum absolute atomic E-state index is 0.240. The fourth-order valence-corrected chi connectivity index (χ4v) is 2.67. The van der Waals surface area contributed by atoms with Crippen molar-refractivity contribution in [3.05, 3.63) is 29.3 Å². The molecule has 0 saturated carbocycles. The Labute approximate surface area is 112 Å². The standard InChI is InChI=1S/C14H20N2OS/c1-3-6-15-13(10-17-4-2)11-8-14-12(16-9-11)5-7-18-14/h5,7-9,13,15H,3-4,6,10H2,1-2H3. The van der Waals surface area contributed by atoms with Gasteiger partial charge in [-0.1, -0.05) is 6.92 Å². The fraction of sp³-hybridized carbons (Fsp3) is 0.500. The Bertz CT molecular complexity index is 475. The molecule has 0 aliphatic heterocycles. The number of aromatic nitrogens is 1. The largest absolute Gasteiger partial charge is 0.380 e. The summed E-state index contributed by atoms with van der Waals surface area (Å²) in [7, 11) is 0. The van der Waals surface area contributed by atoms with Gasteiger partial charge in [-0.25, -0.2) is 0 Å². The van der Waals surface area contributed by atoms with E-state index in [2.05, 4.69) is 34.7 Å². The van der Waals surface area contributed by atoms with Gasteiger partial charge in [0.05, 0.1) is 22.9 Å². The Morgan fingerprint density at radius 2 is 2.33 bits per heavy atom. The first kappa shape index (κ1) is 13.5. The average Bonchev–Trinajstić information content (AvgIpc) is 2.86. The van der Waals surface area contributed by atoms with Gasteiger partial charge in [-0.3, -0.25) is 4.98 Å². The molecule has 0 aliphatic rings. The van der Waals surface area contributed by atoms with Gasteiger partial charge < -0.3 is 10.1 Å². The Morgan fingerprint density at radius 3 is 3.11 bits per heavy atom. The normalized spacial score (nSPS) is 13.0. The van der Waals surface area contributed by atoms with Crippen LogP contribution in [0.1, 0.15) is 31.9 Å². The zero-order valence-electron chi connectivity index (χ0n) is 11.0. The summed E-state index contributed by atoms with van der Waals surface area (Å²) in [6.07, 6.45) is 3.08. The number of hydrogen-bond donors (Lipinski definition) is 1. The Kier molecular flexibility index (Phi) is 5.11. The number of thiophene rings is 1. The van der Waals surface area contributed by atoms with Crippen LogP contribution in [-0.2, 0) is 4.74 Å². The lowest BCUT2D eigenvalue weighted by Crippen LogP contribution is -2.26. The summed E-state index contributed by atoms with van der Waals surface area (Å²) in [5.74, 6) is 0. The van der Waals surface area contributed by atoms with E-state index >= 15 is 0 Å². The van der Waals surface area contributed by atoms with E-state index in [4.69, 9.17) is 4.74 Å². The van der Waals surface area contributed by atoms with Crippen LogP contribution in [0.5, 0.6) is 0 Å². The lowest BCUT2D eigenvalue weighted by molar-refractivity contribution is 0.123. The van der Waals surface area contributed by atoms with Crippen LogP contribution >= 0.6 is 11.3 Å². The van der Waals surface area contributed by atoms with E-state index in [-0.39, 0.29) is 6.04 Å². The first-order valence-corrected chi connectivity index (χ1v) is 7.37. The Balaban J connectivity index is 2.16. The molecule has 0 amide bonds. The average molecular weight is 264 g/mol. The van der Waals surface area contributed by atoms with Crippen LogP contribution in [0.4, 0.5) is 0 Å². The SMILES string of the molecule is CCCNC(COCC)c1cnc2ccsc2c1. The Hall–Kier alpha value is -0.970. The van der Waals surface area contributed by atoms with Gasteiger partial charge in [0.2, 0.25) is 0 Å². The number of nitrogens with one attached hydrogen (secondary N) is 1. The van der Waals surface area contributed by atoms with Crippen molar-refractivity contribution < 1.29 is 4.74 Å². The van der Waals surface area contributed by atoms with Crippen LogP contribution in [0, 0.1) is 0 Å². The number of rotatable bonds is 7. The molecule has 2 heterocycles. The van der Waals surface area contributed by atoms with E-state index < -0.39 is 0 Å². The summed E-state index contributed by atoms with van der Waals surface area (Å²) in [5, 5.41) is 5.60. The molecule has 0 spiro atoms. The van der Waals surface area contributed by atoms with E-state index in [9.17, 15) is 0 Å². The van der Waals surface area contributed by atoms with Crippen molar-refractivity contribution in [3.63, 3.8) is 0 Å². The molecule has 0 bridgehead atoms. The molecule has 4 heteroatoms. The number of ether oxygens (including phenoxy) is 1. The van der Waals surface area contributed by atoms with E-state index in [1.807, 2.05) is 13.1 Å². The molecule has 0 aliphatic carbocycles. The zero-order chi connectivity index (χ0) is 12.8. The van der Waals surface area contributed by atoms with Crippen molar-refractivity contribution in [2.45, 2.75) is 26.3 Å². The first-order chi connectivity index (χ1) is 8.85. The molecule has 3 nitrogen and oxygen atoms in total. The molecular formula is C14H20N2OS. The minimum atomic E-state index is 0.240. The monoisotopic (exact) mass is 264 g/mol. The van der Waals surface area contributed by atoms with Gasteiger partial charge in [0, 0.05) is 12.8 Å². The third-order valence-electron chi connectivity index (χ3n) is 2.86. The number of nitrogens with zero attached hydrogens (tertiary/aromatic N) is 1. The molecule has 18 heavy (non-hydrogen) atoms. The minimum Gasteiger partial charge on any atom is -0.380 e. The molecule has 98 valence electrons. The third-order valence-corrected chi connectivity index (χ3v) is 3.71. The number of pyridine rings is 1. The third kappa shape index (κ3) is 3.28. The summed E-state index contributed by atoms with van der Waals surface area (Å²) in [4.78, 5) is 4.49. The second-order valence-electron chi connectivity index (χ2n) is 4.24. The quantitative estimate of drug-likeness (QED) is 0.832. The van der Waals surface area contributed by atoms with Crippen molar-refractivity contribution in [2.24, 2.45) is 0 Å². The lowest BCUT2D eigenvalue weighted by atomic mass is 10.1. The topological polar surface area (TPSA) is 34.1 Å². The van der Waals surface area contributed by atoms with Crippen LogP contribution in [-0.4, -0.2) is 24.7 Å². The summed E-state index contributed by atoms with van der Waals surface area (Å²) in [5.41, 5.74) is 2.29. The summed E-state index contributed by atoms with van der Waals surface area (Å²) in [6, 6.07) is 4.52. The summed E-state index contributed by atoms with van der Waals surface area (Å²) in [6.45, 7) is 6.65.